The minimum Gasteiger partial charge on any atom is -0.383 e. The van der Waals surface area contributed by atoms with E-state index in [1.807, 2.05) is 0 Å². The summed E-state index contributed by atoms with van der Waals surface area (Å²) in [5.41, 5.74) is 7.70. The summed E-state index contributed by atoms with van der Waals surface area (Å²) >= 11 is 0. The molecule has 1 aliphatic rings. The molecule has 1 unspecified atom stereocenters. The fourth-order valence-electron chi connectivity index (χ4n) is 1.16. The molecule has 0 heterocycles. The number of carbonyl (C=O) groups excluding carboxylic acids is 1. The Morgan fingerprint density at radius 2 is 2.38 bits per heavy atom. The molecule has 5 nitrogen and oxygen atoms in total. The number of nitrogens with two attached hydrogens (primary N) is 1. The van der Waals surface area contributed by atoms with Crippen molar-refractivity contribution in [1.29, 1.82) is 0 Å². The first-order chi connectivity index (χ1) is 6.24. The van der Waals surface area contributed by atoms with Gasteiger partial charge in [-0.15, -0.1) is 0 Å². The molecule has 0 radical (unpaired) electrons. The van der Waals surface area contributed by atoms with E-state index in [1.54, 1.807) is 7.11 Å². The molecule has 1 saturated carbocycles. The molecule has 0 aromatic rings. The Kier molecular flexibility index (Phi) is 4.14. The minimum absolute atomic E-state index is 0.0903. The van der Waals surface area contributed by atoms with Gasteiger partial charge < -0.3 is 10.5 Å². The molecule has 1 atom stereocenters. The van der Waals surface area contributed by atoms with Crippen molar-refractivity contribution in [2.45, 2.75) is 18.9 Å². The maximum absolute atomic E-state index is 10.4. The Bertz CT molecular complexity index is 171. The highest BCUT2D eigenvalue weighted by Gasteiger charge is 2.31. The number of hydroxylamine groups is 1. The number of hydrogen-bond donors (Lipinski definition) is 2. The topological polar surface area (TPSA) is 73.6 Å². The van der Waals surface area contributed by atoms with E-state index in [4.69, 9.17) is 15.3 Å². The molecule has 0 aromatic heterocycles. The van der Waals surface area contributed by atoms with Crippen LogP contribution in [0.15, 0.2) is 0 Å². The van der Waals surface area contributed by atoms with Gasteiger partial charge in [-0.3, -0.25) is 9.63 Å². The van der Waals surface area contributed by atoms with Crippen molar-refractivity contribution >= 4 is 5.91 Å². The lowest BCUT2D eigenvalue weighted by atomic mass is 10.2. The van der Waals surface area contributed by atoms with Gasteiger partial charge in [-0.25, -0.2) is 0 Å². The van der Waals surface area contributed by atoms with E-state index in [-0.39, 0.29) is 12.6 Å². The lowest BCUT2D eigenvalue weighted by Gasteiger charge is -2.15. The summed E-state index contributed by atoms with van der Waals surface area (Å²) in [6.45, 7) is 0.510. The molecular formula is C8H16N2O3. The third-order valence-corrected chi connectivity index (χ3v) is 1.99. The number of ether oxygens (including phenoxy) is 1. The SMILES string of the molecule is COCC(NOCC(N)=O)C1CC1. The van der Waals surface area contributed by atoms with Crippen LogP contribution in [0.1, 0.15) is 12.8 Å². The Hall–Kier alpha value is -0.650. The molecule has 13 heavy (non-hydrogen) atoms. The van der Waals surface area contributed by atoms with Gasteiger partial charge in [0, 0.05) is 7.11 Å². The highest BCUT2D eigenvalue weighted by Crippen LogP contribution is 2.32. The Balaban J connectivity index is 2.10. The highest BCUT2D eigenvalue weighted by molar-refractivity contribution is 5.74. The first-order valence-corrected chi connectivity index (χ1v) is 4.38. The van der Waals surface area contributed by atoms with Crippen molar-refractivity contribution in [2.75, 3.05) is 20.3 Å². The number of amides is 1. The van der Waals surface area contributed by atoms with Gasteiger partial charge in [0.2, 0.25) is 5.91 Å². The standard InChI is InChI=1S/C8H16N2O3/c1-12-4-7(6-2-3-6)10-13-5-8(9)11/h6-7,10H,2-5H2,1H3,(H2,9,11). The van der Waals surface area contributed by atoms with Gasteiger partial charge in [0.25, 0.3) is 0 Å². The maximum atomic E-state index is 10.4. The summed E-state index contributed by atoms with van der Waals surface area (Å²) < 4.78 is 5.00. The van der Waals surface area contributed by atoms with Gasteiger partial charge in [0.15, 0.2) is 0 Å². The van der Waals surface area contributed by atoms with Crippen molar-refractivity contribution in [3.8, 4) is 0 Å². The Labute approximate surface area is 77.5 Å². The lowest BCUT2D eigenvalue weighted by Crippen LogP contribution is -2.37. The van der Waals surface area contributed by atoms with Gasteiger partial charge in [0.05, 0.1) is 12.6 Å². The van der Waals surface area contributed by atoms with Crippen molar-refractivity contribution in [1.82, 2.24) is 5.48 Å². The van der Waals surface area contributed by atoms with Crippen molar-refractivity contribution < 1.29 is 14.4 Å². The third kappa shape index (κ3) is 4.21. The lowest BCUT2D eigenvalue weighted by molar-refractivity contribution is -0.126. The molecule has 0 aromatic carbocycles. The molecule has 0 aliphatic heterocycles. The smallest absolute Gasteiger partial charge is 0.245 e. The maximum Gasteiger partial charge on any atom is 0.245 e. The van der Waals surface area contributed by atoms with Gasteiger partial charge >= 0.3 is 0 Å². The van der Waals surface area contributed by atoms with Gasteiger partial charge in [0.1, 0.15) is 6.61 Å². The summed E-state index contributed by atoms with van der Waals surface area (Å²) in [7, 11) is 1.64. The molecule has 3 N–H and O–H groups in total. The molecule has 0 spiro atoms. The number of carbonyl (C=O) groups is 1. The second kappa shape index (κ2) is 5.16. The number of nitrogens with one attached hydrogen (secondary N) is 1. The fourth-order valence-corrected chi connectivity index (χ4v) is 1.16. The molecule has 1 aliphatic carbocycles. The number of methoxy groups -OCH3 is 1. The second-order valence-corrected chi connectivity index (χ2v) is 3.27. The summed E-state index contributed by atoms with van der Waals surface area (Å²) in [5.74, 6) is 0.146. The molecule has 5 heteroatoms. The Morgan fingerprint density at radius 3 is 2.85 bits per heavy atom. The number of rotatable bonds is 7. The van der Waals surface area contributed by atoms with E-state index in [2.05, 4.69) is 5.48 Å². The van der Waals surface area contributed by atoms with Crippen LogP contribution in [-0.2, 0) is 14.4 Å². The van der Waals surface area contributed by atoms with Crippen molar-refractivity contribution in [3.05, 3.63) is 0 Å². The molecule has 0 saturated heterocycles. The van der Waals surface area contributed by atoms with E-state index >= 15 is 0 Å². The van der Waals surface area contributed by atoms with Crippen LogP contribution in [0.5, 0.6) is 0 Å². The monoisotopic (exact) mass is 188 g/mol. The summed E-state index contributed by atoms with van der Waals surface area (Å²) in [5, 5.41) is 0. The quantitative estimate of drug-likeness (QED) is 0.524. The van der Waals surface area contributed by atoms with Crippen molar-refractivity contribution in [3.63, 3.8) is 0 Å². The van der Waals surface area contributed by atoms with Crippen LogP contribution in [0.25, 0.3) is 0 Å². The van der Waals surface area contributed by atoms with E-state index in [9.17, 15) is 4.79 Å². The van der Waals surface area contributed by atoms with Crippen LogP contribution >= 0.6 is 0 Å². The third-order valence-electron chi connectivity index (χ3n) is 1.99. The van der Waals surface area contributed by atoms with E-state index < -0.39 is 5.91 Å². The van der Waals surface area contributed by atoms with Gasteiger partial charge in [-0.1, -0.05) is 0 Å². The fraction of sp³-hybridized carbons (Fsp3) is 0.875. The zero-order valence-electron chi connectivity index (χ0n) is 7.79. The van der Waals surface area contributed by atoms with Crippen LogP contribution in [0.2, 0.25) is 0 Å². The largest absolute Gasteiger partial charge is 0.383 e. The van der Waals surface area contributed by atoms with Crippen LogP contribution in [-0.4, -0.2) is 32.3 Å². The van der Waals surface area contributed by atoms with Crippen LogP contribution in [0, 0.1) is 5.92 Å². The number of primary amides is 1. The van der Waals surface area contributed by atoms with Crippen molar-refractivity contribution in [2.24, 2.45) is 11.7 Å². The van der Waals surface area contributed by atoms with Gasteiger partial charge in [-0.2, -0.15) is 5.48 Å². The molecule has 1 fully saturated rings. The predicted octanol–water partition coefficient (Wildman–Crippen LogP) is -0.582. The summed E-state index contributed by atoms with van der Waals surface area (Å²) in [6.07, 6.45) is 2.39. The Morgan fingerprint density at radius 1 is 1.69 bits per heavy atom. The first-order valence-electron chi connectivity index (χ1n) is 4.38. The van der Waals surface area contributed by atoms with Crippen LogP contribution < -0.4 is 11.2 Å². The summed E-state index contributed by atoms with van der Waals surface area (Å²) in [6, 6.07) is 0.185. The van der Waals surface area contributed by atoms with E-state index in [0.717, 1.165) is 0 Å². The zero-order valence-corrected chi connectivity index (χ0v) is 7.79. The molecule has 0 bridgehead atoms. The number of hydrogen-bond acceptors (Lipinski definition) is 4. The summed E-state index contributed by atoms with van der Waals surface area (Å²) in [4.78, 5) is 15.3. The molecular weight excluding hydrogens is 172 g/mol. The first kappa shape index (κ1) is 10.4. The van der Waals surface area contributed by atoms with Gasteiger partial charge in [-0.05, 0) is 18.8 Å². The molecule has 1 amide bonds. The average Bonchev–Trinajstić information content (AvgIpc) is 2.84. The highest BCUT2D eigenvalue weighted by atomic mass is 16.6. The predicted molar refractivity (Wildman–Crippen MR) is 46.7 cm³/mol. The van der Waals surface area contributed by atoms with E-state index in [1.165, 1.54) is 12.8 Å². The minimum atomic E-state index is -0.473. The molecule has 1 rings (SSSR count). The van der Waals surface area contributed by atoms with Crippen LogP contribution in [0.4, 0.5) is 0 Å². The zero-order chi connectivity index (χ0) is 9.68. The second-order valence-electron chi connectivity index (χ2n) is 3.27. The van der Waals surface area contributed by atoms with E-state index in [0.29, 0.717) is 12.5 Å². The average molecular weight is 188 g/mol. The van der Waals surface area contributed by atoms with Crippen LogP contribution in [0.3, 0.4) is 0 Å². The molecule has 76 valence electrons. The normalized spacial score (nSPS) is 18.5.